The summed E-state index contributed by atoms with van der Waals surface area (Å²) < 4.78 is 0. The van der Waals surface area contributed by atoms with Crippen LogP contribution in [0.1, 0.15) is 6.92 Å². The van der Waals surface area contributed by atoms with Crippen LogP contribution >= 0.6 is 0 Å². The molecule has 7 nitrogen and oxygen atoms in total. The SMILES string of the molecule is C=C(C)[O-].O=C(O)C(O)C(O)C(=O)O. The third kappa shape index (κ3) is 8.50. The van der Waals surface area contributed by atoms with Crippen molar-refractivity contribution in [3.05, 3.63) is 12.3 Å². The molecule has 0 spiro atoms. The van der Waals surface area contributed by atoms with Crippen LogP contribution in [0.15, 0.2) is 12.3 Å². The van der Waals surface area contributed by atoms with Crippen LogP contribution in [0.3, 0.4) is 0 Å². The van der Waals surface area contributed by atoms with Gasteiger partial charge in [-0.05, 0) is 0 Å². The van der Waals surface area contributed by atoms with E-state index < -0.39 is 24.1 Å². The maximum atomic E-state index is 9.77. The lowest BCUT2D eigenvalue weighted by Crippen LogP contribution is -2.39. The number of aliphatic carboxylic acids is 2. The molecule has 0 aromatic heterocycles. The van der Waals surface area contributed by atoms with Gasteiger partial charge in [-0.15, -0.1) is 12.3 Å². The number of carbonyl (C=O) groups is 2. The minimum atomic E-state index is -2.27. The molecule has 7 heteroatoms. The largest absolute Gasteiger partial charge is 0.876 e. The summed E-state index contributed by atoms with van der Waals surface area (Å²) >= 11 is 0. The van der Waals surface area contributed by atoms with Crippen molar-refractivity contribution in [2.24, 2.45) is 0 Å². The van der Waals surface area contributed by atoms with Gasteiger partial charge >= 0.3 is 11.9 Å². The van der Waals surface area contributed by atoms with Gasteiger partial charge in [-0.3, -0.25) is 0 Å². The van der Waals surface area contributed by atoms with Crippen LogP contribution in [0.4, 0.5) is 0 Å². The standard InChI is InChI=1S/C4H6O6.C3H6O/c5-1(3(7)8)2(6)4(9)10;1-3(2)4/h1-2,5-6H,(H,7,8)(H,9,10);4H,1H2,2H3/p-1. The number of aliphatic hydroxyl groups excluding tert-OH is 2. The fraction of sp³-hybridized carbons (Fsp3) is 0.429. The van der Waals surface area contributed by atoms with E-state index in [2.05, 4.69) is 6.58 Å². The van der Waals surface area contributed by atoms with E-state index in [9.17, 15) is 14.7 Å². The number of rotatable bonds is 3. The second-order valence-corrected chi connectivity index (χ2v) is 2.27. The molecule has 2 atom stereocenters. The lowest BCUT2D eigenvalue weighted by atomic mass is 10.2. The fourth-order valence-corrected chi connectivity index (χ4v) is 0.270. The van der Waals surface area contributed by atoms with Crippen LogP contribution in [0.5, 0.6) is 0 Å². The van der Waals surface area contributed by atoms with Crippen molar-refractivity contribution < 1.29 is 35.1 Å². The quantitative estimate of drug-likeness (QED) is 0.383. The highest BCUT2D eigenvalue weighted by molar-refractivity contribution is 5.82. The highest BCUT2D eigenvalue weighted by Crippen LogP contribution is 1.92. The first-order valence-corrected chi connectivity index (χ1v) is 3.34. The van der Waals surface area contributed by atoms with Crippen LogP contribution in [-0.2, 0) is 9.59 Å². The van der Waals surface area contributed by atoms with Crippen molar-refractivity contribution in [1.29, 1.82) is 0 Å². The van der Waals surface area contributed by atoms with Crippen LogP contribution in [0, 0.1) is 0 Å². The van der Waals surface area contributed by atoms with Gasteiger partial charge in [0.1, 0.15) is 0 Å². The molecule has 4 N–H and O–H groups in total. The number of carboxylic acid groups (broad SMARTS) is 2. The molecule has 0 aromatic rings. The first-order chi connectivity index (χ1) is 6.20. The third-order valence-electron chi connectivity index (χ3n) is 0.805. The van der Waals surface area contributed by atoms with Crippen molar-refractivity contribution in [2.75, 3.05) is 0 Å². The molecule has 0 fully saturated rings. The maximum absolute atomic E-state index is 9.77. The van der Waals surface area contributed by atoms with Gasteiger partial charge in [0.15, 0.2) is 12.2 Å². The molecule has 0 saturated heterocycles. The van der Waals surface area contributed by atoms with Gasteiger partial charge in [-0.2, -0.15) is 0 Å². The van der Waals surface area contributed by atoms with E-state index in [0.29, 0.717) is 0 Å². The minimum Gasteiger partial charge on any atom is -0.876 e. The van der Waals surface area contributed by atoms with E-state index in [1.165, 1.54) is 6.92 Å². The molecule has 0 rings (SSSR count). The molecule has 2 unspecified atom stereocenters. The lowest BCUT2D eigenvalue weighted by Gasteiger charge is -2.07. The zero-order valence-electron chi connectivity index (χ0n) is 7.38. The molecule has 0 aliphatic rings. The Kier molecular flexibility index (Phi) is 7.31. The Hall–Kier alpha value is -1.60. The predicted molar refractivity (Wildman–Crippen MR) is 42.1 cm³/mol. The van der Waals surface area contributed by atoms with Crippen molar-refractivity contribution in [3.63, 3.8) is 0 Å². The fourth-order valence-electron chi connectivity index (χ4n) is 0.270. The van der Waals surface area contributed by atoms with Crippen molar-refractivity contribution in [3.8, 4) is 0 Å². The zero-order chi connectivity index (χ0) is 11.9. The summed E-state index contributed by atoms with van der Waals surface area (Å²) in [5.41, 5.74) is 0. The van der Waals surface area contributed by atoms with E-state index >= 15 is 0 Å². The van der Waals surface area contributed by atoms with Crippen LogP contribution in [-0.4, -0.2) is 44.6 Å². The molecule has 0 aliphatic carbocycles. The van der Waals surface area contributed by atoms with Crippen LogP contribution in [0.25, 0.3) is 0 Å². The van der Waals surface area contributed by atoms with Crippen molar-refractivity contribution >= 4 is 11.9 Å². The predicted octanol–water partition coefficient (Wildman–Crippen LogP) is -2.24. The molecular formula is C7H11O7-. The van der Waals surface area contributed by atoms with Crippen molar-refractivity contribution in [2.45, 2.75) is 19.1 Å². The summed E-state index contributed by atoms with van der Waals surface area (Å²) in [4.78, 5) is 19.5. The number of hydrogen-bond donors (Lipinski definition) is 4. The highest BCUT2D eigenvalue weighted by Gasteiger charge is 2.29. The van der Waals surface area contributed by atoms with Gasteiger partial charge in [0.2, 0.25) is 0 Å². The van der Waals surface area contributed by atoms with E-state index in [1.54, 1.807) is 0 Å². The molecular weight excluding hydrogens is 196 g/mol. The lowest BCUT2D eigenvalue weighted by molar-refractivity contribution is -0.300. The number of hydrogen-bond acceptors (Lipinski definition) is 5. The molecule has 82 valence electrons. The summed E-state index contributed by atoms with van der Waals surface area (Å²) in [5, 5.41) is 41.9. The first kappa shape index (κ1) is 14.9. The summed E-state index contributed by atoms with van der Waals surface area (Å²) in [7, 11) is 0. The zero-order valence-corrected chi connectivity index (χ0v) is 7.38. The van der Waals surface area contributed by atoms with E-state index in [0.717, 1.165) is 0 Å². The van der Waals surface area contributed by atoms with Gasteiger partial charge in [-0.1, -0.05) is 6.92 Å². The smallest absolute Gasteiger partial charge is 0.335 e. The Morgan fingerprint density at radius 3 is 1.36 bits per heavy atom. The summed E-state index contributed by atoms with van der Waals surface area (Å²) in [6, 6.07) is 0. The molecule has 0 bridgehead atoms. The second kappa shape index (κ2) is 6.87. The van der Waals surface area contributed by atoms with Gasteiger partial charge in [0.25, 0.3) is 0 Å². The number of allylic oxidation sites excluding steroid dienone is 1. The Morgan fingerprint density at radius 1 is 1.14 bits per heavy atom. The van der Waals surface area contributed by atoms with Gasteiger partial charge in [-0.25, -0.2) is 9.59 Å². The highest BCUT2D eigenvalue weighted by atomic mass is 16.4. The average Bonchev–Trinajstić information content (AvgIpc) is 2.00. The molecule has 0 aliphatic heterocycles. The van der Waals surface area contributed by atoms with Crippen LogP contribution in [0.2, 0.25) is 0 Å². The number of carboxylic acids is 2. The van der Waals surface area contributed by atoms with Gasteiger partial charge in [0.05, 0.1) is 0 Å². The molecule has 0 radical (unpaired) electrons. The average molecular weight is 207 g/mol. The Balaban J connectivity index is 0. The molecule has 0 heterocycles. The maximum Gasteiger partial charge on any atom is 0.335 e. The monoisotopic (exact) mass is 207 g/mol. The van der Waals surface area contributed by atoms with Crippen molar-refractivity contribution in [1.82, 2.24) is 0 Å². The Labute approximate surface area is 79.5 Å². The molecule has 0 aromatic carbocycles. The van der Waals surface area contributed by atoms with Gasteiger partial charge < -0.3 is 25.5 Å². The normalized spacial score (nSPS) is 13.1. The summed E-state index contributed by atoms with van der Waals surface area (Å²) in [5.74, 6) is -3.62. The summed E-state index contributed by atoms with van der Waals surface area (Å²) in [6.45, 7) is 4.42. The topological polar surface area (TPSA) is 138 Å². The first-order valence-electron chi connectivity index (χ1n) is 3.34. The summed E-state index contributed by atoms with van der Waals surface area (Å²) in [6.07, 6.45) is -4.53. The van der Waals surface area contributed by atoms with Crippen LogP contribution < -0.4 is 5.11 Å². The molecule has 0 saturated carbocycles. The van der Waals surface area contributed by atoms with E-state index in [-0.39, 0.29) is 5.76 Å². The number of aliphatic hydroxyl groups is 2. The Bertz CT molecular complexity index is 200. The Morgan fingerprint density at radius 2 is 1.29 bits per heavy atom. The second-order valence-electron chi connectivity index (χ2n) is 2.27. The van der Waals surface area contributed by atoms with E-state index in [4.69, 9.17) is 20.4 Å². The van der Waals surface area contributed by atoms with E-state index in [1.807, 2.05) is 0 Å². The minimum absolute atomic E-state index is 0.0833. The van der Waals surface area contributed by atoms with Gasteiger partial charge in [0, 0.05) is 0 Å². The molecule has 0 amide bonds. The molecule has 14 heavy (non-hydrogen) atoms. The third-order valence-corrected chi connectivity index (χ3v) is 0.805.